The first kappa shape index (κ1) is 12.8. The molecule has 1 unspecified atom stereocenters. The van der Waals surface area contributed by atoms with Gasteiger partial charge in [-0.05, 0) is 24.3 Å². The van der Waals surface area contributed by atoms with Gasteiger partial charge in [0.25, 0.3) is 0 Å². The van der Waals surface area contributed by atoms with Gasteiger partial charge in [0.05, 0.1) is 12.8 Å². The Kier molecular flexibility index (Phi) is 3.23. The Balaban J connectivity index is 2.15. The van der Waals surface area contributed by atoms with E-state index >= 15 is 0 Å². The highest BCUT2D eigenvalue weighted by Gasteiger charge is 2.11. The van der Waals surface area contributed by atoms with Crippen molar-refractivity contribution >= 4 is 16.4 Å². The van der Waals surface area contributed by atoms with E-state index in [9.17, 15) is 4.21 Å². The van der Waals surface area contributed by atoms with Crippen LogP contribution in [0.5, 0.6) is 5.75 Å². The van der Waals surface area contributed by atoms with Crippen LogP contribution in [0.2, 0.25) is 0 Å². The number of fused-ring (bicyclic) bond motifs is 1. The Labute approximate surface area is 118 Å². The predicted octanol–water partition coefficient (Wildman–Crippen LogP) is 2.14. The van der Waals surface area contributed by atoms with Crippen molar-refractivity contribution in [1.29, 1.82) is 0 Å². The van der Waals surface area contributed by atoms with Gasteiger partial charge in [0.15, 0.2) is 0 Å². The van der Waals surface area contributed by atoms with Gasteiger partial charge >= 0.3 is 0 Å². The molecular formula is C14H13N3O2S. The quantitative estimate of drug-likeness (QED) is 0.740. The number of benzene rings is 1. The third-order valence-electron chi connectivity index (χ3n) is 3.04. The number of hydrogen-bond donors (Lipinski definition) is 0. The fraction of sp³-hybridized carbons (Fsp3) is 0.143. The van der Waals surface area contributed by atoms with Crippen molar-refractivity contribution in [3.8, 4) is 17.0 Å². The van der Waals surface area contributed by atoms with E-state index in [0.29, 0.717) is 5.75 Å². The summed E-state index contributed by atoms with van der Waals surface area (Å²) in [4.78, 5) is 9.32. The van der Waals surface area contributed by atoms with Crippen molar-refractivity contribution in [3.63, 3.8) is 0 Å². The van der Waals surface area contributed by atoms with E-state index in [2.05, 4.69) is 9.97 Å². The molecule has 0 aliphatic carbocycles. The number of imidazole rings is 1. The van der Waals surface area contributed by atoms with Gasteiger partial charge in [-0.15, -0.1) is 0 Å². The number of aromatic nitrogens is 3. The molecule has 0 aliphatic rings. The Morgan fingerprint density at radius 3 is 2.85 bits per heavy atom. The maximum absolute atomic E-state index is 11.5. The SMILES string of the molecule is COc1cc(S(C)=O)ccc1-c1cn2cnccc2n1. The topological polar surface area (TPSA) is 56.5 Å². The normalized spacial score (nSPS) is 12.5. The second-order valence-electron chi connectivity index (χ2n) is 4.29. The standard InChI is InChI=1S/C14H13N3O2S/c1-19-13-7-10(20(2)18)3-4-11(13)12-8-17-9-15-6-5-14(17)16-12/h3-9H,1-2H3. The van der Waals surface area contributed by atoms with E-state index in [1.165, 1.54) is 0 Å². The van der Waals surface area contributed by atoms with Crippen LogP contribution in [-0.4, -0.2) is 31.9 Å². The van der Waals surface area contributed by atoms with Crippen LogP contribution in [0.3, 0.4) is 0 Å². The first-order valence-corrected chi connectivity index (χ1v) is 7.55. The molecule has 2 aromatic heterocycles. The minimum Gasteiger partial charge on any atom is -0.496 e. The lowest BCUT2D eigenvalue weighted by atomic mass is 10.1. The molecule has 5 nitrogen and oxygen atoms in total. The molecule has 0 fully saturated rings. The predicted molar refractivity (Wildman–Crippen MR) is 77.3 cm³/mol. The van der Waals surface area contributed by atoms with E-state index < -0.39 is 10.8 Å². The molecule has 102 valence electrons. The van der Waals surface area contributed by atoms with E-state index in [0.717, 1.165) is 21.8 Å². The molecule has 0 aliphatic heterocycles. The van der Waals surface area contributed by atoms with Crippen LogP contribution in [0, 0.1) is 0 Å². The summed E-state index contributed by atoms with van der Waals surface area (Å²) < 4.78 is 18.8. The highest BCUT2D eigenvalue weighted by atomic mass is 32.2. The Bertz CT molecular complexity index is 765. The minimum atomic E-state index is -1.04. The van der Waals surface area contributed by atoms with Crippen LogP contribution in [-0.2, 0) is 10.8 Å². The van der Waals surface area contributed by atoms with E-state index in [4.69, 9.17) is 4.74 Å². The summed E-state index contributed by atoms with van der Waals surface area (Å²) >= 11 is 0. The molecule has 0 amide bonds. The monoisotopic (exact) mass is 287 g/mol. The Morgan fingerprint density at radius 1 is 1.30 bits per heavy atom. The smallest absolute Gasteiger partial charge is 0.140 e. The molecule has 1 atom stereocenters. The second kappa shape index (κ2) is 5.05. The molecule has 3 rings (SSSR count). The van der Waals surface area contributed by atoms with E-state index in [1.807, 2.05) is 28.8 Å². The first-order valence-electron chi connectivity index (χ1n) is 5.99. The molecule has 0 N–H and O–H groups in total. The van der Waals surface area contributed by atoms with Crippen molar-refractivity contribution < 1.29 is 8.95 Å². The van der Waals surface area contributed by atoms with Gasteiger partial charge in [0, 0.05) is 39.9 Å². The third kappa shape index (κ3) is 2.18. The molecule has 6 heteroatoms. The van der Waals surface area contributed by atoms with E-state index in [1.54, 1.807) is 32.0 Å². The number of nitrogens with zero attached hydrogens (tertiary/aromatic N) is 3. The van der Waals surface area contributed by atoms with Crippen molar-refractivity contribution in [3.05, 3.63) is 43.0 Å². The summed E-state index contributed by atoms with van der Waals surface area (Å²) in [6.45, 7) is 0. The summed E-state index contributed by atoms with van der Waals surface area (Å²) in [5, 5.41) is 0. The second-order valence-corrected chi connectivity index (χ2v) is 5.67. The summed E-state index contributed by atoms with van der Waals surface area (Å²) in [6.07, 6.45) is 6.94. The van der Waals surface area contributed by atoms with E-state index in [-0.39, 0.29) is 0 Å². The number of hydrogen-bond acceptors (Lipinski definition) is 4. The lowest BCUT2D eigenvalue weighted by molar-refractivity contribution is 0.415. The fourth-order valence-electron chi connectivity index (χ4n) is 2.04. The number of ether oxygens (including phenoxy) is 1. The molecule has 0 spiro atoms. The summed E-state index contributed by atoms with van der Waals surface area (Å²) in [5.41, 5.74) is 2.48. The van der Waals surface area contributed by atoms with Crippen LogP contribution in [0.25, 0.3) is 16.9 Å². The number of rotatable bonds is 3. The molecule has 0 bridgehead atoms. The van der Waals surface area contributed by atoms with Gasteiger partial charge in [-0.25, -0.2) is 9.97 Å². The fourth-order valence-corrected chi connectivity index (χ4v) is 2.57. The average Bonchev–Trinajstić information content (AvgIpc) is 2.90. The van der Waals surface area contributed by atoms with Gasteiger partial charge in [0.2, 0.25) is 0 Å². The van der Waals surface area contributed by atoms with Gasteiger partial charge in [-0.2, -0.15) is 0 Å². The van der Waals surface area contributed by atoms with Crippen LogP contribution in [0.1, 0.15) is 0 Å². The molecule has 0 saturated carbocycles. The van der Waals surface area contributed by atoms with Gasteiger partial charge in [-0.3, -0.25) is 8.61 Å². The van der Waals surface area contributed by atoms with Crippen LogP contribution in [0.15, 0.2) is 47.9 Å². The maximum Gasteiger partial charge on any atom is 0.140 e. The molecule has 0 radical (unpaired) electrons. The summed E-state index contributed by atoms with van der Waals surface area (Å²) in [6, 6.07) is 7.33. The summed E-state index contributed by atoms with van der Waals surface area (Å²) in [5.74, 6) is 0.661. The Hall–Kier alpha value is -2.21. The molecule has 2 heterocycles. The molecule has 0 saturated heterocycles. The largest absolute Gasteiger partial charge is 0.496 e. The zero-order valence-electron chi connectivity index (χ0n) is 11.1. The highest BCUT2D eigenvalue weighted by molar-refractivity contribution is 7.84. The highest BCUT2D eigenvalue weighted by Crippen LogP contribution is 2.31. The first-order chi connectivity index (χ1) is 9.69. The van der Waals surface area contributed by atoms with Gasteiger partial charge < -0.3 is 4.74 Å². The molecule has 3 aromatic rings. The Morgan fingerprint density at radius 2 is 2.15 bits per heavy atom. The van der Waals surface area contributed by atoms with Crippen molar-refractivity contribution in [2.24, 2.45) is 0 Å². The molecule has 1 aromatic carbocycles. The van der Waals surface area contributed by atoms with Crippen LogP contribution in [0.4, 0.5) is 0 Å². The maximum atomic E-state index is 11.5. The lowest BCUT2D eigenvalue weighted by Crippen LogP contribution is -1.92. The summed E-state index contributed by atoms with van der Waals surface area (Å²) in [7, 11) is 0.560. The van der Waals surface area contributed by atoms with Crippen LogP contribution < -0.4 is 4.74 Å². The third-order valence-corrected chi connectivity index (χ3v) is 3.96. The van der Waals surface area contributed by atoms with Gasteiger partial charge in [-0.1, -0.05) is 0 Å². The van der Waals surface area contributed by atoms with Crippen LogP contribution >= 0.6 is 0 Å². The van der Waals surface area contributed by atoms with Crippen molar-refractivity contribution in [1.82, 2.24) is 14.4 Å². The van der Waals surface area contributed by atoms with Crippen molar-refractivity contribution in [2.45, 2.75) is 4.90 Å². The zero-order valence-corrected chi connectivity index (χ0v) is 11.9. The molecular weight excluding hydrogens is 274 g/mol. The van der Waals surface area contributed by atoms with Gasteiger partial charge in [0.1, 0.15) is 17.7 Å². The number of methoxy groups -OCH3 is 1. The zero-order chi connectivity index (χ0) is 14.1. The average molecular weight is 287 g/mol. The molecule has 20 heavy (non-hydrogen) atoms. The van der Waals surface area contributed by atoms with Crippen molar-refractivity contribution in [2.75, 3.05) is 13.4 Å². The minimum absolute atomic E-state index is 0.661. The lowest BCUT2D eigenvalue weighted by Gasteiger charge is -2.07.